The summed E-state index contributed by atoms with van der Waals surface area (Å²) in [6, 6.07) is 0.0117. The molecule has 0 radical (unpaired) electrons. The summed E-state index contributed by atoms with van der Waals surface area (Å²) in [7, 11) is 0. The van der Waals surface area contributed by atoms with E-state index >= 15 is 0 Å². The molecule has 0 aliphatic carbocycles. The third-order valence-electron chi connectivity index (χ3n) is 2.03. The Hall–Kier alpha value is -1.79. The van der Waals surface area contributed by atoms with Crippen LogP contribution in [-0.2, 0) is 0 Å². The van der Waals surface area contributed by atoms with Gasteiger partial charge in [0, 0.05) is 11.8 Å². The maximum absolute atomic E-state index is 13.3. The van der Waals surface area contributed by atoms with Gasteiger partial charge in [0.2, 0.25) is 0 Å². The average Bonchev–Trinajstić information content (AvgIpc) is 2.26. The van der Waals surface area contributed by atoms with Gasteiger partial charge in [0.05, 0.1) is 18.8 Å². The fourth-order valence-electron chi connectivity index (χ4n) is 1.23. The van der Waals surface area contributed by atoms with Crippen LogP contribution in [0.25, 0.3) is 0 Å². The highest BCUT2D eigenvalue weighted by Crippen LogP contribution is 2.14. The first-order valence-electron chi connectivity index (χ1n) is 4.92. The molecule has 1 rings (SSSR count). The molecule has 0 aliphatic rings. The predicted octanol–water partition coefficient (Wildman–Crippen LogP) is 1.85. The molecule has 0 spiro atoms. The molecule has 7 heteroatoms. The van der Waals surface area contributed by atoms with E-state index in [1.165, 1.54) is 12.3 Å². The van der Waals surface area contributed by atoms with Gasteiger partial charge in [-0.2, -0.15) is 0 Å². The minimum absolute atomic E-state index is 0.243. The number of nitrogens with zero attached hydrogens (tertiary/aromatic N) is 1. The van der Waals surface area contributed by atoms with Crippen molar-refractivity contribution in [2.45, 2.75) is 19.4 Å². The predicted molar refractivity (Wildman–Crippen MR) is 55.1 cm³/mol. The van der Waals surface area contributed by atoms with Gasteiger partial charge in [-0.05, 0) is 13.0 Å². The van der Waals surface area contributed by atoms with Crippen molar-refractivity contribution in [3.05, 3.63) is 29.8 Å². The van der Waals surface area contributed by atoms with Crippen LogP contribution in [0.1, 0.15) is 18.5 Å². The Morgan fingerprint density at radius 2 is 2.24 bits per heavy atom. The summed E-state index contributed by atoms with van der Waals surface area (Å²) < 4.78 is 36.9. The van der Waals surface area contributed by atoms with Crippen LogP contribution in [0, 0.1) is 5.82 Å². The molecule has 1 atom stereocenters. The topological polar surface area (TPSA) is 54.0 Å². The van der Waals surface area contributed by atoms with Crippen molar-refractivity contribution in [1.29, 1.82) is 0 Å². The van der Waals surface area contributed by atoms with E-state index in [1.807, 2.05) is 5.32 Å². The van der Waals surface area contributed by atoms with Crippen molar-refractivity contribution in [2.75, 3.05) is 6.54 Å². The maximum atomic E-state index is 13.3. The zero-order valence-corrected chi connectivity index (χ0v) is 9.08. The lowest BCUT2D eigenvalue weighted by Crippen LogP contribution is -2.39. The third-order valence-corrected chi connectivity index (χ3v) is 2.03. The summed E-state index contributed by atoms with van der Waals surface area (Å²) in [6.45, 7) is 0.803. The zero-order chi connectivity index (χ0) is 12.8. The maximum Gasteiger partial charge on any atom is 0.315 e. The molecule has 0 aromatic carbocycles. The Bertz CT molecular complexity index is 387. The van der Waals surface area contributed by atoms with E-state index < -0.39 is 30.9 Å². The zero-order valence-electron chi connectivity index (χ0n) is 9.08. The largest absolute Gasteiger partial charge is 0.332 e. The lowest BCUT2D eigenvalue weighted by Gasteiger charge is -2.15. The first-order valence-corrected chi connectivity index (χ1v) is 4.92. The molecule has 0 saturated heterocycles. The van der Waals surface area contributed by atoms with Crippen molar-refractivity contribution in [1.82, 2.24) is 15.6 Å². The second-order valence-corrected chi connectivity index (χ2v) is 3.36. The second kappa shape index (κ2) is 6.07. The van der Waals surface area contributed by atoms with Crippen LogP contribution in [-0.4, -0.2) is 24.0 Å². The molecule has 1 aromatic rings. The molecule has 17 heavy (non-hydrogen) atoms. The van der Waals surface area contributed by atoms with E-state index in [-0.39, 0.29) is 5.56 Å². The fourth-order valence-corrected chi connectivity index (χ4v) is 1.23. The first-order chi connectivity index (χ1) is 8.00. The van der Waals surface area contributed by atoms with Gasteiger partial charge in [-0.25, -0.2) is 18.0 Å². The number of pyridine rings is 1. The first kappa shape index (κ1) is 13.3. The van der Waals surface area contributed by atoms with Gasteiger partial charge < -0.3 is 10.6 Å². The smallest absolute Gasteiger partial charge is 0.315 e. The third kappa shape index (κ3) is 4.29. The van der Waals surface area contributed by atoms with Crippen LogP contribution in [0.15, 0.2) is 18.5 Å². The van der Waals surface area contributed by atoms with Crippen LogP contribution in [0.2, 0.25) is 0 Å². The number of urea groups is 1. The number of hydrogen-bond acceptors (Lipinski definition) is 2. The van der Waals surface area contributed by atoms with Crippen LogP contribution in [0.3, 0.4) is 0 Å². The summed E-state index contributed by atoms with van der Waals surface area (Å²) in [5, 5.41) is 4.31. The summed E-state index contributed by atoms with van der Waals surface area (Å²) >= 11 is 0. The number of rotatable bonds is 4. The van der Waals surface area contributed by atoms with E-state index in [4.69, 9.17) is 0 Å². The molecule has 0 saturated carbocycles. The number of aromatic nitrogens is 1. The number of hydrogen-bond donors (Lipinski definition) is 2. The standard InChI is InChI=1S/C10H12F3N3O/c1-6(7-2-3-14-4-8(7)11)16-10(17)15-5-9(12)13/h2-4,6,9H,5H2,1H3,(H2,15,16,17)/t6-/m1/s1. The minimum atomic E-state index is -2.62. The van der Waals surface area contributed by atoms with Crippen LogP contribution in [0.5, 0.6) is 0 Å². The number of carbonyl (C=O) groups is 1. The van der Waals surface area contributed by atoms with E-state index in [1.54, 1.807) is 6.92 Å². The van der Waals surface area contributed by atoms with E-state index in [0.717, 1.165) is 6.20 Å². The molecule has 2 N–H and O–H groups in total. The van der Waals surface area contributed by atoms with Gasteiger partial charge in [0.15, 0.2) is 0 Å². The number of carbonyl (C=O) groups excluding carboxylic acids is 1. The number of alkyl halides is 2. The Morgan fingerprint density at radius 3 is 2.82 bits per heavy atom. The number of amides is 2. The summed E-state index contributed by atoms with van der Waals surface area (Å²) in [5.74, 6) is -0.561. The lowest BCUT2D eigenvalue weighted by molar-refractivity contribution is 0.146. The van der Waals surface area contributed by atoms with Crippen LogP contribution < -0.4 is 10.6 Å². The molecule has 94 valence electrons. The van der Waals surface area contributed by atoms with Crippen molar-refractivity contribution >= 4 is 6.03 Å². The van der Waals surface area contributed by atoms with Gasteiger partial charge in [-0.1, -0.05) is 0 Å². The highest BCUT2D eigenvalue weighted by atomic mass is 19.3. The Morgan fingerprint density at radius 1 is 1.53 bits per heavy atom. The molecule has 1 heterocycles. The normalized spacial score (nSPS) is 12.3. The highest BCUT2D eigenvalue weighted by Gasteiger charge is 2.14. The van der Waals surface area contributed by atoms with Gasteiger partial charge in [0.25, 0.3) is 6.43 Å². The number of nitrogens with one attached hydrogen (secondary N) is 2. The Balaban J connectivity index is 2.52. The van der Waals surface area contributed by atoms with E-state index in [2.05, 4.69) is 10.3 Å². The molecule has 0 fully saturated rings. The molecule has 0 aliphatic heterocycles. The molecule has 4 nitrogen and oxygen atoms in total. The average molecular weight is 247 g/mol. The van der Waals surface area contributed by atoms with Crippen LogP contribution >= 0.6 is 0 Å². The summed E-state index contributed by atoms with van der Waals surface area (Å²) in [6.07, 6.45) is -0.216. The SMILES string of the molecule is C[C@@H](NC(=O)NCC(F)F)c1ccncc1F. The molecular weight excluding hydrogens is 235 g/mol. The van der Waals surface area contributed by atoms with Gasteiger partial charge in [-0.15, -0.1) is 0 Å². The van der Waals surface area contributed by atoms with Crippen molar-refractivity contribution < 1.29 is 18.0 Å². The monoisotopic (exact) mass is 247 g/mol. The van der Waals surface area contributed by atoms with Gasteiger partial charge >= 0.3 is 6.03 Å². The Kier molecular flexibility index (Phi) is 4.74. The van der Waals surface area contributed by atoms with Crippen molar-refractivity contribution in [3.63, 3.8) is 0 Å². The molecule has 0 unspecified atom stereocenters. The molecule has 2 amide bonds. The summed E-state index contributed by atoms with van der Waals surface area (Å²) in [4.78, 5) is 14.7. The van der Waals surface area contributed by atoms with Crippen molar-refractivity contribution in [2.24, 2.45) is 0 Å². The second-order valence-electron chi connectivity index (χ2n) is 3.36. The van der Waals surface area contributed by atoms with Crippen LogP contribution in [0.4, 0.5) is 18.0 Å². The lowest BCUT2D eigenvalue weighted by atomic mass is 10.1. The fraction of sp³-hybridized carbons (Fsp3) is 0.400. The van der Waals surface area contributed by atoms with E-state index in [0.29, 0.717) is 0 Å². The highest BCUT2D eigenvalue weighted by molar-refractivity contribution is 5.74. The Labute approximate surface area is 96.2 Å². The molecule has 1 aromatic heterocycles. The number of halogens is 3. The summed E-state index contributed by atoms with van der Waals surface area (Å²) in [5.41, 5.74) is 0.243. The molecule has 0 bridgehead atoms. The van der Waals surface area contributed by atoms with Gasteiger partial charge in [0.1, 0.15) is 5.82 Å². The quantitative estimate of drug-likeness (QED) is 0.853. The minimum Gasteiger partial charge on any atom is -0.332 e. The van der Waals surface area contributed by atoms with E-state index in [9.17, 15) is 18.0 Å². The molecular formula is C10H12F3N3O. The van der Waals surface area contributed by atoms with Gasteiger partial charge in [-0.3, -0.25) is 4.98 Å². The van der Waals surface area contributed by atoms with Crippen molar-refractivity contribution in [3.8, 4) is 0 Å².